The Kier molecular flexibility index (Phi) is 9.30. The molecule has 144 valence electrons. The molecule has 0 aromatic heterocycles. The van der Waals surface area contributed by atoms with E-state index < -0.39 is 5.54 Å². The highest BCUT2D eigenvalue weighted by Crippen LogP contribution is 2.28. The van der Waals surface area contributed by atoms with Crippen LogP contribution in [0.3, 0.4) is 0 Å². The summed E-state index contributed by atoms with van der Waals surface area (Å²) in [5.74, 6) is 2.63. The molecule has 0 heterocycles. The zero-order valence-electron chi connectivity index (χ0n) is 16.7. The molecule has 0 bridgehead atoms. The normalized spacial score (nSPS) is 14.0. The van der Waals surface area contributed by atoms with Crippen LogP contribution in [0.25, 0.3) is 0 Å². The largest absolute Gasteiger partial charge is 0.496 e. The Morgan fingerprint density at radius 1 is 1.16 bits per heavy atom. The highest BCUT2D eigenvalue weighted by atomic mass is 16.5. The molecule has 4 heteroatoms. The molecule has 0 aliphatic rings. The van der Waals surface area contributed by atoms with Gasteiger partial charge >= 0.3 is 0 Å². The number of methoxy groups -OCH3 is 1. The van der Waals surface area contributed by atoms with Gasteiger partial charge in [-0.05, 0) is 49.1 Å². The van der Waals surface area contributed by atoms with Crippen LogP contribution in [-0.2, 0) is 6.42 Å². The summed E-state index contributed by atoms with van der Waals surface area (Å²) < 4.78 is 11.4. The predicted octanol–water partition coefficient (Wildman–Crippen LogP) is 4.18. The van der Waals surface area contributed by atoms with Gasteiger partial charge in [0.1, 0.15) is 11.5 Å². The van der Waals surface area contributed by atoms with Gasteiger partial charge < -0.3 is 20.3 Å². The third-order valence-corrected chi connectivity index (χ3v) is 5.01. The molecular formula is C21H37NO3. The summed E-state index contributed by atoms with van der Waals surface area (Å²) in [7, 11) is 1.68. The summed E-state index contributed by atoms with van der Waals surface area (Å²) in [4.78, 5) is 0. The van der Waals surface area contributed by atoms with Gasteiger partial charge in [0.2, 0.25) is 0 Å². The molecule has 1 aromatic rings. The van der Waals surface area contributed by atoms with Gasteiger partial charge in [-0.3, -0.25) is 0 Å². The van der Waals surface area contributed by atoms with Crippen LogP contribution in [0.15, 0.2) is 18.2 Å². The molecule has 0 saturated carbocycles. The Labute approximate surface area is 153 Å². The van der Waals surface area contributed by atoms with E-state index in [-0.39, 0.29) is 12.5 Å². The topological polar surface area (TPSA) is 64.7 Å². The fourth-order valence-electron chi connectivity index (χ4n) is 2.78. The summed E-state index contributed by atoms with van der Waals surface area (Å²) in [5, 5.41) is 9.60. The third-order valence-electron chi connectivity index (χ3n) is 5.01. The van der Waals surface area contributed by atoms with Crippen molar-refractivity contribution >= 4 is 0 Å². The number of aliphatic hydroxyl groups excluding tert-OH is 1. The Hall–Kier alpha value is -1.26. The van der Waals surface area contributed by atoms with E-state index in [0.717, 1.165) is 42.4 Å². The van der Waals surface area contributed by atoms with Crippen LogP contribution in [0, 0.1) is 11.8 Å². The average Bonchev–Trinajstić information content (AvgIpc) is 2.59. The molecule has 0 aliphatic heterocycles. The van der Waals surface area contributed by atoms with Gasteiger partial charge in [-0.2, -0.15) is 0 Å². The van der Waals surface area contributed by atoms with E-state index >= 15 is 0 Å². The van der Waals surface area contributed by atoms with Crippen molar-refractivity contribution in [2.24, 2.45) is 17.6 Å². The highest BCUT2D eigenvalue weighted by Gasteiger charge is 2.28. The summed E-state index contributed by atoms with van der Waals surface area (Å²) in [6.07, 6.45) is 5.00. The zero-order valence-corrected chi connectivity index (χ0v) is 16.7. The number of rotatable bonds is 12. The summed E-state index contributed by atoms with van der Waals surface area (Å²) in [5.41, 5.74) is 6.85. The molecule has 1 aromatic carbocycles. The van der Waals surface area contributed by atoms with Crippen molar-refractivity contribution in [1.82, 2.24) is 0 Å². The number of hydrogen-bond acceptors (Lipinski definition) is 4. The molecule has 0 amide bonds. The Morgan fingerprint density at radius 2 is 1.88 bits per heavy atom. The molecule has 0 aliphatic carbocycles. The standard InChI is InChI=1S/C21H37NO3/c1-16(2)8-6-7-13-25-19-10-9-18(20(14-19)24-5)11-12-21(22,15-23)17(3)4/h9-10,14,16-17,23H,6-8,11-13,15,22H2,1-5H3/t21-/m1/s1. The van der Waals surface area contributed by atoms with Crippen molar-refractivity contribution < 1.29 is 14.6 Å². The Balaban J connectivity index is 2.60. The summed E-state index contributed by atoms with van der Waals surface area (Å²) in [6, 6.07) is 5.98. The van der Waals surface area contributed by atoms with Crippen molar-refractivity contribution in [3.05, 3.63) is 23.8 Å². The van der Waals surface area contributed by atoms with Gasteiger partial charge in [-0.25, -0.2) is 0 Å². The van der Waals surface area contributed by atoms with Gasteiger partial charge in [-0.1, -0.05) is 40.2 Å². The third kappa shape index (κ3) is 7.25. The molecule has 1 atom stereocenters. The minimum Gasteiger partial charge on any atom is -0.496 e. The van der Waals surface area contributed by atoms with Crippen LogP contribution < -0.4 is 15.2 Å². The first-order chi connectivity index (χ1) is 11.8. The number of nitrogens with two attached hydrogens (primary N) is 1. The maximum Gasteiger partial charge on any atom is 0.125 e. The lowest BCUT2D eigenvalue weighted by molar-refractivity contribution is 0.146. The number of hydrogen-bond donors (Lipinski definition) is 2. The van der Waals surface area contributed by atoms with Gasteiger partial charge in [0.15, 0.2) is 0 Å². The number of unbranched alkanes of at least 4 members (excludes halogenated alkanes) is 1. The maximum atomic E-state index is 9.60. The van der Waals surface area contributed by atoms with E-state index in [9.17, 15) is 5.11 Å². The molecule has 0 saturated heterocycles. The lowest BCUT2D eigenvalue weighted by atomic mass is 9.83. The van der Waals surface area contributed by atoms with E-state index in [1.54, 1.807) is 7.11 Å². The molecule has 1 rings (SSSR count). The Morgan fingerprint density at radius 3 is 2.44 bits per heavy atom. The molecule has 3 N–H and O–H groups in total. The molecule has 0 spiro atoms. The predicted molar refractivity (Wildman–Crippen MR) is 104 cm³/mol. The first-order valence-electron chi connectivity index (χ1n) is 9.52. The van der Waals surface area contributed by atoms with E-state index in [4.69, 9.17) is 15.2 Å². The molecule has 4 nitrogen and oxygen atoms in total. The fraction of sp³-hybridized carbons (Fsp3) is 0.714. The van der Waals surface area contributed by atoms with Gasteiger partial charge in [0.25, 0.3) is 0 Å². The van der Waals surface area contributed by atoms with Crippen molar-refractivity contribution in [3.63, 3.8) is 0 Å². The van der Waals surface area contributed by atoms with Gasteiger partial charge in [-0.15, -0.1) is 0 Å². The van der Waals surface area contributed by atoms with Crippen LogP contribution in [0.4, 0.5) is 0 Å². The second-order valence-electron chi connectivity index (χ2n) is 7.76. The fourth-order valence-corrected chi connectivity index (χ4v) is 2.78. The highest BCUT2D eigenvalue weighted by molar-refractivity contribution is 5.41. The van der Waals surface area contributed by atoms with Crippen LogP contribution in [-0.4, -0.2) is 31.0 Å². The minimum absolute atomic E-state index is 0.00937. The van der Waals surface area contributed by atoms with Crippen LogP contribution in [0.5, 0.6) is 11.5 Å². The van der Waals surface area contributed by atoms with Crippen LogP contribution in [0.1, 0.15) is 58.9 Å². The zero-order chi connectivity index (χ0) is 18.9. The summed E-state index contributed by atoms with van der Waals surface area (Å²) >= 11 is 0. The molecule has 25 heavy (non-hydrogen) atoms. The van der Waals surface area contributed by atoms with Crippen molar-refractivity contribution in [1.29, 1.82) is 0 Å². The van der Waals surface area contributed by atoms with E-state index in [1.165, 1.54) is 12.8 Å². The molecular weight excluding hydrogens is 314 g/mol. The molecule has 0 fully saturated rings. The average molecular weight is 352 g/mol. The number of aliphatic hydroxyl groups is 1. The SMILES string of the molecule is COc1cc(OCCCCC(C)C)ccc1CC[C@@](N)(CO)C(C)C. The van der Waals surface area contributed by atoms with Crippen molar-refractivity contribution in [2.75, 3.05) is 20.3 Å². The van der Waals surface area contributed by atoms with Crippen LogP contribution in [0.2, 0.25) is 0 Å². The Bertz CT molecular complexity index is 502. The monoisotopic (exact) mass is 351 g/mol. The quantitative estimate of drug-likeness (QED) is 0.555. The second kappa shape index (κ2) is 10.7. The number of benzene rings is 1. The summed E-state index contributed by atoms with van der Waals surface area (Å²) in [6.45, 7) is 9.31. The van der Waals surface area contributed by atoms with Gasteiger partial charge in [0, 0.05) is 11.6 Å². The lowest BCUT2D eigenvalue weighted by Gasteiger charge is -2.31. The lowest BCUT2D eigenvalue weighted by Crippen LogP contribution is -2.48. The second-order valence-corrected chi connectivity index (χ2v) is 7.76. The smallest absolute Gasteiger partial charge is 0.125 e. The van der Waals surface area contributed by atoms with Crippen molar-refractivity contribution in [2.45, 2.75) is 65.3 Å². The van der Waals surface area contributed by atoms with Gasteiger partial charge in [0.05, 0.1) is 20.3 Å². The van der Waals surface area contributed by atoms with E-state index in [0.29, 0.717) is 6.42 Å². The molecule has 0 radical (unpaired) electrons. The van der Waals surface area contributed by atoms with E-state index in [1.807, 2.05) is 32.0 Å². The van der Waals surface area contributed by atoms with Crippen molar-refractivity contribution in [3.8, 4) is 11.5 Å². The maximum absolute atomic E-state index is 9.60. The first-order valence-corrected chi connectivity index (χ1v) is 9.52. The molecule has 0 unspecified atom stereocenters. The number of ether oxygens (including phenoxy) is 2. The number of aryl methyl sites for hydroxylation is 1. The van der Waals surface area contributed by atoms with E-state index in [2.05, 4.69) is 13.8 Å². The van der Waals surface area contributed by atoms with Crippen LogP contribution >= 0.6 is 0 Å². The first kappa shape index (κ1) is 21.8. The minimum atomic E-state index is -0.559.